The lowest BCUT2D eigenvalue weighted by Crippen LogP contribution is -2.23. The van der Waals surface area contributed by atoms with E-state index in [1.165, 1.54) is 5.56 Å². The number of hydrogen-bond donors (Lipinski definition) is 2. The van der Waals surface area contributed by atoms with E-state index >= 15 is 0 Å². The molecule has 2 aromatic carbocycles. The van der Waals surface area contributed by atoms with Gasteiger partial charge >= 0.3 is 5.97 Å². The van der Waals surface area contributed by atoms with Crippen LogP contribution in [-0.4, -0.2) is 30.2 Å². The number of ether oxygens (including phenoxy) is 2. The third kappa shape index (κ3) is 6.84. The lowest BCUT2D eigenvalue weighted by atomic mass is 10.2. The lowest BCUT2D eigenvalue weighted by molar-refractivity contribution is -0.138. The molecule has 2 rings (SSSR count). The van der Waals surface area contributed by atoms with E-state index in [-0.39, 0.29) is 25.3 Å². The van der Waals surface area contributed by atoms with Gasteiger partial charge in [0.1, 0.15) is 24.7 Å². The van der Waals surface area contributed by atoms with Gasteiger partial charge in [-0.1, -0.05) is 35.9 Å². The average molecular weight is 357 g/mol. The molecule has 0 fully saturated rings. The number of carbonyl (C=O) groups excluding carboxylic acids is 1. The van der Waals surface area contributed by atoms with E-state index < -0.39 is 5.97 Å². The van der Waals surface area contributed by atoms with Crippen molar-refractivity contribution in [1.82, 2.24) is 5.32 Å². The van der Waals surface area contributed by atoms with Crippen LogP contribution in [0.4, 0.5) is 0 Å². The highest BCUT2D eigenvalue weighted by Gasteiger charge is 2.08. The zero-order valence-electron chi connectivity index (χ0n) is 14.7. The smallest absolute Gasteiger partial charge is 0.303 e. The van der Waals surface area contributed by atoms with Gasteiger partial charge in [0.2, 0.25) is 5.91 Å². The quantitative estimate of drug-likeness (QED) is 0.639. The highest BCUT2D eigenvalue weighted by atomic mass is 16.5. The van der Waals surface area contributed by atoms with Gasteiger partial charge in [-0.2, -0.15) is 0 Å². The number of para-hydroxylation sites is 1. The lowest BCUT2D eigenvalue weighted by Gasteiger charge is -2.13. The van der Waals surface area contributed by atoms with Crippen LogP contribution >= 0.6 is 0 Å². The molecule has 2 N–H and O–H groups in total. The molecule has 1 amide bonds. The summed E-state index contributed by atoms with van der Waals surface area (Å²) in [6, 6.07) is 15.2. The van der Waals surface area contributed by atoms with Gasteiger partial charge in [0, 0.05) is 18.5 Å². The fraction of sp³-hybridized carbons (Fsp3) is 0.300. The number of amides is 1. The zero-order valence-corrected chi connectivity index (χ0v) is 14.7. The molecule has 0 heterocycles. The van der Waals surface area contributed by atoms with Crippen LogP contribution in [0.3, 0.4) is 0 Å². The number of benzene rings is 2. The summed E-state index contributed by atoms with van der Waals surface area (Å²) in [6.45, 7) is 3.08. The largest absolute Gasteiger partial charge is 0.490 e. The fourth-order valence-corrected chi connectivity index (χ4v) is 2.24. The number of hydrogen-bond acceptors (Lipinski definition) is 4. The van der Waals surface area contributed by atoms with Crippen molar-refractivity contribution >= 4 is 11.9 Å². The highest BCUT2D eigenvalue weighted by molar-refractivity contribution is 5.80. The Kier molecular flexibility index (Phi) is 7.49. The summed E-state index contributed by atoms with van der Waals surface area (Å²) in [5.74, 6) is 0.166. The Balaban J connectivity index is 1.77. The van der Waals surface area contributed by atoms with Crippen molar-refractivity contribution in [3.8, 4) is 11.5 Å². The molecule has 0 saturated carbocycles. The summed E-state index contributed by atoms with van der Waals surface area (Å²) < 4.78 is 11.4. The van der Waals surface area contributed by atoms with E-state index in [9.17, 15) is 9.59 Å². The first-order valence-electron chi connectivity index (χ1n) is 8.43. The summed E-state index contributed by atoms with van der Waals surface area (Å²) in [6.07, 6.45) is -0.219. The maximum Gasteiger partial charge on any atom is 0.303 e. The molecular formula is C20H23NO5. The summed E-state index contributed by atoms with van der Waals surface area (Å²) in [5, 5.41) is 11.3. The Bertz CT molecular complexity index is 727. The minimum atomic E-state index is -0.988. The Morgan fingerprint density at radius 2 is 1.65 bits per heavy atom. The van der Waals surface area contributed by atoms with Gasteiger partial charge in [0.25, 0.3) is 0 Å². The molecule has 0 bridgehead atoms. The molecule has 138 valence electrons. The van der Waals surface area contributed by atoms with Crippen LogP contribution in [0, 0.1) is 6.92 Å². The molecule has 0 unspecified atom stereocenters. The maximum atomic E-state index is 11.6. The van der Waals surface area contributed by atoms with E-state index in [0.29, 0.717) is 19.0 Å². The second kappa shape index (κ2) is 10.1. The van der Waals surface area contributed by atoms with Crippen molar-refractivity contribution in [3.63, 3.8) is 0 Å². The van der Waals surface area contributed by atoms with Gasteiger partial charge in [0.05, 0.1) is 6.42 Å². The van der Waals surface area contributed by atoms with Crippen molar-refractivity contribution in [3.05, 3.63) is 59.7 Å². The molecule has 0 aromatic heterocycles. The van der Waals surface area contributed by atoms with Crippen molar-refractivity contribution in [2.24, 2.45) is 0 Å². The molecule has 0 aliphatic heterocycles. The molecule has 6 nitrogen and oxygen atoms in total. The van der Waals surface area contributed by atoms with Crippen molar-refractivity contribution in [1.29, 1.82) is 0 Å². The van der Waals surface area contributed by atoms with Crippen LogP contribution in [0.15, 0.2) is 48.5 Å². The average Bonchev–Trinajstić information content (AvgIpc) is 2.64. The Morgan fingerprint density at radius 3 is 2.38 bits per heavy atom. The summed E-state index contributed by atoms with van der Waals surface area (Å²) in [5.41, 5.74) is 2.00. The molecule has 26 heavy (non-hydrogen) atoms. The maximum absolute atomic E-state index is 11.6. The highest BCUT2D eigenvalue weighted by Crippen LogP contribution is 2.18. The van der Waals surface area contributed by atoms with Gasteiger partial charge in [-0.25, -0.2) is 0 Å². The molecular weight excluding hydrogens is 334 g/mol. The molecule has 0 radical (unpaired) electrons. The number of aliphatic carboxylic acids is 1. The summed E-state index contributed by atoms with van der Waals surface area (Å²) >= 11 is 0. The molecule has 0 spiro atoms. The predicted octanol–water partition coefficient (Wildman–Crippen LogP) is 2.93. The van der Waals surface area contributed by atoms with E-state index in [4.69, 9.17) is 14.6 Å². The Hall–Kier alpha value is -3.02. The van der Waals surface area contributed by atoms with Crippen molar-refractivity contribution in [2.45, 2.75) is 26.3 Å². The molecule has 0 atom stereocenters. The minimum Gasteiger partial charge on any atom is -0.490 e. The van der Waals surface area contributed by atoms with Crippen molar-refractivity contribution < 1.29 is 24.2 Å². The van der Waals surface area contributed by atoms with Crippen LogP contribution in [0.25, 0.3) is 0 Å². The normalized spacial score (nSPS) is 10.2. The number of carboxylic acid groups (broad SMARTS) is 1. The number of aryl methyl sites for hydroxylation is 1. The molecule has 2 aromatic rings. The van der Waals surface area contributed by atoms with E-state index in [1.54, 1.807) is 0 Å². The first-order valence-corrected chi connectivity index (χ1v) is 8.43. The van der Waals surface area contributed by atoms with Crippen LogP contribution in [0.5, 0.6) is 11.5 Å². The minimum absolute atomic E-state index is 0.0389. The van der Waals surface area contributed by atoms with Gasteiger partial charge in [0.15, 0.2) is 0 Å². The SMILES string of the molecule is Cc1ccc(OCCOc2ccccc2CNC(=O)CCC(=O)O)cc1. The van der Waals surface area contributed by atoms with Crippen LogP contribution in [0.1, 0.15) is 24.0 Å². The number of rotatable bonds is 10. The van der Waals surface area contributed by atoms with Crippen LogP contribution in [0.2, 0.25) is 0 Å². The summed E-state index contributed by atoms with van der Waals surface area (Å²) in [4.78, 5) is 22.1. The van der Waals surface area contributed by atoms with E-state index in [0.717, 1.165) is 11.3 Å². The molecule has 0 aliphatic carbocycles. The first-order chi connectivity index (χ1) is 12.5. The zero-order chi connectivity index (χ0) is 18.8. The number of nitrogens with one attached hydrogen (secondary N) is 1. The predicted molar refractivity (Wildman–Crippen MR) is 97.3 cm³/mol. The summed E-state index contributed by atoms with van der Waals surface area (Å²) in [7, 11) is 0. The third-order valence-electron chi connectivity index (χ3n) is 3.65. The second-order valence-electron chi connectivity index (χ2n) is 5.79. The fourth-order valence-electron chi connectivity index (χ4n) is 2.24. The molecule has 0 saturated heterocycles. The third-order valence-corrected chi connectivity index (χ3v) is 3.65. The molecule has 0 aliphatic rings. The number of carbonyl (C=O) groups is 2. The van der Waals surface area contributed by atoms with Gasteiger partial charge in [-0.05, 0) is 25.1 Å². The van der Waals surface area contributed by atoms with E-state index in [1.807, 2.05) is 55.5 Å². The van der Waals surface area contributed by atoms with Crippen LogP contribution < -0.4 is 14.8 Å². The first kappa shape index (κ1) is 19.3. The molecule has 6 heteroatoms. The monoisotopic (exact) mass is 357 g/mol. The topological polar surface area (TPSA) is 84.9 Å². The van der Waals surface area contributed by atoms with E-state index in [2.05, 4.69) is 5.32 Å². The number of carboxylic acids is 1. The Morgan fingerprint density at radius 1 is 0.962 bits per heavy atom. The standard InChI is InChI=1S/C20H23NO5/c1-15-6-8-17(9-7-15)25-12-13-26-18-5-3-2-4-16(18)14-21-19(22)10-11-20(23)24/h2-9H,10-14H2,1H3,(H,21,22)(H,23,24). The van der Waals surface area contributed by atoms with Crippen LogP contribution in [-0.2, 0) is 16.1 Å². The van der Waals surface area contributed by atoms with Gasteiger partial charge in [-0.3, -0.25) is 9.59 Å². The second-order valence-corrected chi connectivity index (χ2v) is 5.79. The van der Waals surface area contributed by atoms with Gasteiger partial charge in [-0.15, -0.1) is 0 Å². The Labute approximate surface area is 152 Å². The van der Waals surface area contributed by atoms with Gasteiger partial charge < -0.3 is 19.9 Å². The van der Waals surface area contributed by atoms with Crippen molar-refractivity contribution in [2.75, 3.05) is 13.2 Å².